The number of piperidine rings is 1. The van der Waals surface area contributed by atoms with Crippen LogP contribution in [0.15, 0.2) is 4.42 Å². The standard InChI is InChI=1S/C14H21N5O/c1-8-9(2)20-10(3)12(8)13-16-14(18-17-13)19-6-4-11(15)5-7-19/h11H,4-7,15H2,1-3H3,(H,16,17,18). The first-order valence-electron chi connectivity index (χ1n) is 7.06. The molecule has 0 unspecified atom stereocenters. The summed E-state index contributed by atoms with van der Waals surface area (Å²) in [6, 6.07) is 0.311. The van der Waals surface area contributed by atoms with Crippen LogP contribution >= 0.6 is 0 Å². The van der Waals surface area contributed by atoms with Crippen molar-refractivity contribution < 1.29 is 4.42 Å². The highest BCUT2D eigenvalue weighted by Gasteiger charge is 2.22. The first-order chi connectivity index (χ1) is 9.56. The fourth-order valence-electron chi connectivity index (χ4n) is 2.75. The van der Waals surface area contributed by atoms with Crippen molar-refractivity contribution in [3.05, 3.63) is 17.1 Å². The van der Waals surface area contributed by atoms with E-state index in [0.717, 1.165) is 60.4 Å². The van der Waals surface area contributed by atoms with Crippen LogP contribution in [-0.2, 0) is 0 Å². The van der Waals surface area contributed by atoms with Gasteiger partial charge in [-0.25, -0.2) is 0 Å². The van der Waals surface area contributed by atoms with Crippen LogP contribution in [0.25, 0.3) is 11.4 Å². The number of anilines is 1. The van der Waals surface area contributed by atoms with Crippen LogP contribution in [0.1, 0.15) is 29.9 Å². The number of furan rings is 1. The van der Waals surface area contributed by atoms with Crippen molar-refractivity contribution in [2.45, 2.75) is 39.7 Å². The lowest BCUT2D eigenvalue weighted by Gasteiger charge is -2.28. The van der Waals surface area contributed by atoms with E-state index in [1.54, 1.807) is 0 Å². The zero-order valence-electron chi connectivity index (χ0n) is 12.2. The fourth-order valence-corrected chi connectivity index (χ4v) is 2.75. The Balaban J connectivity index is 1.87. The number of nitrogens with two attached hydrogens (primary N) is 1. The Bertz CT molecular complexity index is 607. The van der Waals surface area contributed by atoms with Crippen LogP contribution in [0.4, 0.5) is 5.95 Å². The molecule has 0 aromatic carbocycles. The summed E-state index contributed by atoms with van der Waals surface area (Å²) in [6.45, 7) is 7.80. The van der Waals surface area contributed by atoms with E-state index >= 15 is 0 Å². The first kappa shape index (κ1) is 13.2. The molecule has 20 heavy (non-hydrogen) atoms. The molecule has 1 saturated heterocycles. The number of hydrogen-bond donors (Lipinski definition) is 2. The molecule has 0 aliphatic carbocycles. The molecule has 6 heteroatoms. The van der Waals surface area contributed by atoms with E-state index in [0.29, 0.717) is 6.04 Å². The van der Waals surface area contributed by atoms with E-state index in [-0.39, 0.29) is 0 Å². The van der Waals surface area contributed by atoms with Crippen molar-refractivity contribution in [2.75, 3.05) is 18.0 Å². The maximum absolute atomic E-state index is 5.93. The summed E-state index contributed by atoms with van der Waals surface area (Å²) in [5.41, 5.74) is 8.07. The molecule has 0 bridgehead atoms. The molecule has 2 aromatic rings. The van der Waals surface area contributed by atoms with Gasteiger partial charge in [-0.05, 0) is 33.6 Å². The second-order valence-electron chi connectivity index (χ2n) is 5.52. The number of hydrogen-bond acceptors (Lipinski definition) is 5. The SMILES string of the molecule is Cc1oc(C)c(-c2nc(N3CCC(N)CC3)n[nH]2)c1C. The molecule has 1 aliphatic rings. The minimum absolute atomic E-state index is 0.311. The van der Waals surface area contributed by atoms with Gasteiger partial charge in [0, 0.05) is 24.7 Å². The molecule has 3 N–H and O–H groups in total. The third-order valence-electron chi connectivity index (χ3n) is 4.09. The maximum atomic E-state index is 5.93. The third kappa shape index (κ3) is 2.20. The Kier molecular flexibility index (Phi) is 3.25. The van der Waals surface area contributed by atoms with Gasteiger partial charge >= 0.3 is 0 Å². The van der Waals surface area contributed by atoms with Gasteiger partial charge in [0.25, 0.3) is 0 Å². The van der Waals surface area contributed by atoms with E-state index in [9.17, 15) is 0 Å². The molecule has 2 aromatic heterocycles. The second kappa shape index (κ2) is 4.94. The summed E-state index contributed by atoms with van der Waals surface area (Å²) >= 11 is 0. The largest absolute Gasteiger partial charge is 0.466 e. The van der Waals surface area contributed by atoms with Gasteiger partial charge < -0.3 is 15.1 Å². The van der Waals surface area contributed by atoms with Gasteiger partial charge in [-0.3, -0.25) is 5.10 Å². The van der Waals surface area contributed by atoms with Crippen molar-refractivity contribution in [3.8, 4) is 11.4 Å². The monoisotopic (exact) mass is 275 g/mol. The normalized spacial score (nSPS) is 16.9. The van der Waals surface area contributed by atoms with Crippen molar-refractivity contribution in [1.82, 2.24) is 15.2 Å². The summed E-state index contributed by atoms with van der Waals surface area (Å²) < 4.78 is 5.65. The Morgan fingerprint density at radius 3 is 2.50 bits per heavy atom. The highest BCUT2D eigenvalue weighted by molar-refractivity contribution is 5.64. The smallest absolute Gasteiger partial charge is 0.245 e. The van der Waals surface area contributed by atoms with Crippen LogP contribution in [0, 0.1) is 20.8 Å². The molecule has 0 radical (unpaired) electrons. The Morgan fingerprint density at radius 2 is 1.90 bits per heavy atom. The number of aryl methyl sites for hydroxylation is 2. The zero-order valence-corrected chi connectivity index (χ0v) is 12.2. The summed E-state index contributed by atoms with van der Waals surface area (Å²) in [5.74, 6) is 3.34. The Morgan fingerprint density at radius 1 is 1.20 bits per heavy atom. The molecule has 3 rings (SSSR count). The van der Waals surface area contributed by atoms with Gasteiger partial charge in [0.05, 0.1) is 5.56 Å². The lowest BCUT2D eigenvalue weighted by Crippen LogP contribution is -2.40. The van der Waals surface area contributed by atoms with Gasteiger partial charge in [-0.2, -0.15) is 4.98 Å². The highest BCUT2D eigenvalue weighted by Crippen LogP contribution is 2.30. The summed E-state index contributed by atoms with van der Waals surface area (Å²) in [6.07, 6.45) is 1.99. The van der Waals surface area contributed by atoms with Gasteiger partial charge in [-0.1, -0.05) is 0 Å². The molecule has 3 heterocycles. The summed E-state index contributed by atoms with van der Waals surface area (Å²) in [4.78, 5) is 6.80. The minimum Gasteiger partial charge on any atom is -0.466 e. The molecule has 0 amide bonds. The van der Waals surface area contributed by atoms with Crippen LogP contribution < -0.4 is 10.6 Å². The second-order valence-corrected chi connectivity index (χ2v) is 5.52. The van der Waals surface area contributed by atoms with Crippen LogP contribution in [0.5, 0.6) is 0 Å². The molecule has 0 spiro atoms. The first-order valence-corrected chi connectivity index (χ1v) is 7.06. The average Bonchev–Trinajstić information content (AvgIpc) is 2.97. The highest BCUT2D eigenvalue weighted by atomic mass is 16.3. The van der Waals surface area contributed by atoms with Crippen LogP contribution in [-0.4, -0.2) is 34.3 Å². The molecule has 0 atom stereocenters. The predicted molar refractivity (Wildman–Crippen MR) is 77.7 cm³/mol. The van der Waals surface area contributed by atoms with Gasteiger partial charge in [0.1, 0.15) is 11.5 Å². The topological polar surface area (TPSA) is 84.0 Å². The fraction of sp³-hybridized carbons (Fsp3) is 0.571. The van der Waals surface area contributed by atoms with Crippen molar-refractivity contribution in [3.63, 3.8) is 0 Å². The molecular formula is C14H21N5O. The number of aromatic amines is 1. The van der Waals surface area contributed by atoms with E-state index in [4.69, 9.17) is 10.2 Å². The lowest BCUT2D eigenvalue weighted by atomic mass is 10.1. The van der Waals surface area contributed by atoms with Gasteiger partial charge in [-0.15, -0.1) is 5.10 Å². The average molecular weight is 275 g/mol. The molecule has 1 fully saturated rings. The summed E-state index contributed by atoms with van der Waals surface area (Å²) in [5, 5.41) is 7.37. The van der Waals surface area contributed by atoms with E-state index in [2.05, 4.69) is 20.1 Å². The number of nitrogens with one attached hydrogen (secondary N) is 1. The number of rotatable bonds is 2. The molecule has 0 saturated carbocycles. The van der Waals surface area contributed by atoms with Crippen molar-refractivity contribution in [1.29, 1.82) is 0 Å². The quantitative estimate of drug-likeness (QED) is 0.874. The molecule has 108 valence electrons. The minimum atomic E-state index is 0.311. The number of H-pyrrole nitrogens is 1. The maximum Gasteiger partial charge on any atom is 0.245 e. The number of nitrogens with zero attached hydrogens (tertiary/aromatic N) is 3. The molecule has 6 nitrogen and oxygen atoms in total. The van der Waals surface area contributed by atoms with E-state index in [1.165, 1.54) is 0 Å². The van der Waals surface area contributed by atoms with Crippen LogP contribution in [0.3, 0.4) is 0 Å². The summed E-state index contributed by atoms with van der Waals surface area (Å²) in [7, 11) is 0. The molecular weight excluding hydrogens is 254 g/mol. The predicted octanol–water partition coefficient (Wildman–Crippen LogP) is 1.92. The van der Waals surface area contributed by atoms with Gasteiger partial charge in [0.2, 0.25) is 5.95 Å². The molecule has 1 aliphatic heterocycles. The van der Waals surface area contributed by atoms with E-state index in [1.807, 2.05) is 20.8 Å². The van der Waals surface area contributed by atoms with E-state index < -0.39 is 0 Å². The zero-order chi connectivity index (χ0) is 14.3. The third-order valence-corrected chi connectivity index (χ3v) is 4.09. The number of aromatic nitrogens is 3. The Labute approximate surface area is 118 Å². The Hall–Kier alpha value is -1.82. The van der Waals surface area contributed by atoms with Crippen molar-refractivity contribution >= 4 is 5.95 Å². The van der Waals surface area contributed by atoms with Gasteiger partial charge in [0.15, 0.2) is 5.82 Å². The van der Waals surface area contributed by atoms with Crippen molar-refractivity contribution in [2.24, 2.45) is 5.73 Å². The van der Waals surface area contributed by atoms with Crippen LogP contribution in [0.2, 0.25) is 0 Å². The lowest BCUT2D eigenvalue weighted by molar-refractivity contribution is 0.496.